The minimum Gasteiger partial charge on any atom is -0.472 e. The fourth-order valence-electron chi connectivity index (χ4n) is 0.809. The van der Waals surface area contributed by atoms with E-state index in [2.05, 4.69) is 6.92 Å². The van der Waals surface area contributed by atoms with Crippen molar-refractivity contribution >= 4 is 11.6 Å². The van der Waals surface area contributed by atoms with Crippen LogP contribution in [0.1, 0.15) is 18.9 Å². The first kappa shape index (κ1) is 7.67. The van der Waals surface area contributed by atoms with Gasteiger partial charge in [-0.05, 0) is 24.5 Å². The van der Waals surface area contributed by atoms with Gasteiger partial charge < -0.3 is 4.42 Å². The molecule has 1 unspecified atom stereocenters. The van der Waals surface area contributed by atoms with Gasteiger partial charge in [0.2, 0.25) is 0 Å². The Kier molecular flexibility index (Phi) is 2.82. The lowest BCUT2D eigenvalue weighted by Gasteiger charge is -2.01. The molecule has 1 nitrogen and oxygen atoms in total. The lowest BCUT2D eigenvalue weighted by Crippen LogP contribution is -1.99. The maximum absolute atomic E-state index is 5.92. The van der Waals surface area contributed by atoms with Crippen LogP contribution in [-0.4, -0.2) is 5.38 Å². The molecule has 0 aliphatic carbocycles. The standard InChI is InChI=1S/C8H11ClO/c1-2-8(9)5-7-3-4-10-6-7/h3-4,6,8H,2,5H2,1H3. The molecule has 10 heavy (non-hydrogen) atoms. The fourth-order valence-corrected chi connectivity index (χ4v) is 0.987. The van der Waals surface area contributed by atoms with E-state index in [4.69, 9.17) is 16.0 Å². The van der Waals surface area contributed by atoms with Gasteiger partial charge in [0, 0.05) is 5.38 Å². The summed E-state index contributed by atoms with van der Waals surface area (Å²) in [6.45, 7) is 2.08. The summed E-state index contributed by atoms with van der Waals surface area (Å²) in [7, 11) is 0. The largest absolute Gasteiger partial charge is 0.472 e. The molecule has 0 aliphatic heterocycles. The zero-order valence-electron chi connectivity index (χ0n) is 6.01. The van der Waals surface area contributed by atoms with Gasteiger partial charge in [0.1, 0.15) is 0 Å². The smallest absolute Gasteiger partial charge is 0.0935 e. The van der Waals surface area contributed by atoms with Crippen molar-refractivity contribution in [2.24, 2.45) is 0 Å². The molecule has 0 fully saturated rings. The van der Waals surface area contributed by atoms with E-state index < -0.39 is 0 Å². The maximum atomic E-state index is 5.92. The van der Waals surface area contributed by atoms with Crippen LogP contribution in [-0.2, 0) is 6.42 Å². The Morgan fingerprint density at radius 3 is 3.00 bits per heavy atom. The van der Waals surface area contributed by atoms with E-state index in [0.29, 0.717) is 0 Å². The molecule has 0 radical (unpaired) electrons. The van der Waals surface area contributed by atoms with Crippen molar-refractivity contribution in [1.29, 1.82) is 0 Å². The second-order valence-electron chi connectivity index (χ2n) is 2.34. The molecule has 1 heterocycles. The first-order valence-electron chi connectivity index (χ1n) is 3.48. The van der Waals surface area contributed by atoms with Crippen LogP contribution in [0, 0.1) is 0 Å². The Balaban J connectivity index is 2.40. The topological polar surface area (TPSA) is 13.1 Å². The van der Waals surface area contributed by atoms with Crippen LogP contribution < -0.4 is 0 Å². The number of hydrogen-bond acceptors (Lipinski definition) is 1. The van der Waals surface area contributed by atoms with Crippen LogP contribution in [0.2, 0.25) is 0 Å². The normalized spacial score (nSPS) is 13.4. The van der Waals surface area contributed by atoms with Crippen molar-refractivity contribution in [2.45, 2.75) is 25.1 Å². The molecule has 1 aromatic rings. The van der Waals surface area contributed by atoms with Crippen LogP contribution >= 0.6 is 11.6 Å². The first-order valence-corrected chi connectivity index (χ1v) is 3.91. The monoisotopic (exact) mass is 158 g/mol. The van der Waals surface area contributed by atoms with E-state index in [0.717, 1.165) is 12.8 Å². The van der Waals surface area contributed by atoms with Crippen molar-refractivity contribution < 1.29 is 4.42 Å². The van der Waals surface area contributed by atoms with Gasteiger partial charge in [-0.2, -0.15) is 0 Å². The Morgan fingerprint density at radius 1 is 1.70 bits per heavy atom. The number of rotatable bonds is 3. The summed E-state index contributed by atoms with van der Waals surface area (Å²) in [6.07, 6.45) is 5.33. The zero-order valence-corrected chi connectivity index (χ0v) is 6.77. The molecule has 1 atom stereocenters. The van der Waals surface area contributed by atoms with E-state index in [1.165, 1.54) is 5.56 Å². The Morgan fingerprint density at radius 2 is 2.50 bits per heavy atom. The van der Waals surface area contributed by atoms with Gasteiger partial charge in [0.25, 0.3) is 0 Å². The lowest BCUT2D eigenvalue weighted by atomic mass is 10.1. The van der Waals surface area contributed by atoms with Gasteiger partial charge in [0.05, 0.1) is 12.5 Å². The molecule has 0 saturated heterocycles. The summed E-state index contributed by atoms with van der Waals surface area (Å²) in [5, 5.41) is 0.248. The molecule has 0 spiro atoms. The molecule has 2 heteroatoms. The molecule has 56 valence electrons. The van der Waals surface area contributed by atoms with Crippen LogP contribution in [0.4, 0.5) is 0 Å². The van der Waals surface area contributed by atoms with Crippen molar-refractivity contribution in [1.82, 2.24) is 0 Å². The van der Waals surface area contributed by atoms with Crippen LogP contribution in [0.25, 0.3) is 0 Å². The average Bonchev–Trinajstić information content (AvgIpc) is 2.40. The highest BCUT2D eigenvalue weighted by molar-refractivity contribution is 6.20. The minimum absolute atomic E-state index is 0.248. The minimum atomic E-state index is 0.248. The molecule has 0 aliphatic rings. The summed E-state index contributed by atoms with van der Waals surface area (Å²) in [5.41, 5.74) is 1.18. The average molecular weight is 159 g/mol. The third kappa shape index (κ3) is 2.07. The second kappa shape index (κ2) is 3.67. The number of alkyl halides is 1. The summed E-state index contributed by atoms with van der Waals surface area (Å²) in [4.78, 5) is 0. The number of hydrogen-bond donors (Lipinski definition) is 0. The van der Waals surface area contributed by atoms with E-state index >= 15 is 0 Å². The molecule has 1 aromatic heterocycles. The van der Waals surface area contributed by atoms with Crippen molar-refractivity contribution in [2.75, 3.05) is 0 Å². The third-order valence-corrected chi connectivity index (χ3v) is 1.94. The van der Waals surface area contributed by atoms with Gasteiger partial charge in [-0.25, -0.2) is 0 Å². The second-order valence-corrected chi connectivity index (χ2v) is 2.96. The van der Waals surface area contributed by atoms with Gasteiger partial charge in [-0.15, -0.1) is 11.6 Å². The molecule has 1 rings (SSSR count). The molecular formula is C8H11ClO. The zero-order chi connectivity index (χ0) is 7.40. The highest BCUT2D eigenvalue weighted by Gasteiger charge is 2.02. The van der Waals surface area contributed by atoms with Crippen LogP contribution in [0.5, 0.6) is 0 Å². The van der Waals surface area contributed by atoms with E-state index in [-0.39, 0.29) is 5.38 Å². The molecule has 0 amide bonds. The van der Waals surface area contributed by atoms with E-state index in [9.17, 15) is 0 Å². The molecule has 0 N–H and O–H groups in total. The van der Waals surface area contributed by atoms with Crippen molar-refractivity contribution in [3.63, 3.8) is 0 Å². The number of furan rings is 1. The Bertz CT molecular complexity index is 169. The van der Waals surface area contributed by atoms with E-state index in [1.54, 1.807) is 12.5 Å². The predicted molar refractivity (Wildman–Crippen MR) is 42.3 cm³/mol. The lowest BCUT2D eigenvalue weighted by molar-refractivity contribution is 0.563. The van der Waals surface area contributed by atoms with Crippen LogP contribution in [0.3, 0.4) is 0 Å². The predicted octanol–water partition coefficient (Wildman–Crippen LogP) is 2.84. The molecular weight excluding hydrogens is 148 g/mol. The van der Waals surface area contributed by atoms with Gasteiger partial charge in [-0.3, -0.25) is 0 Å². The van der Waals surface area contributed by atoms with Gasteiger partial charge in [-0.1, -0.05) is 6.92 Å². The van der Waals surface area contributed by atoms with Gasteiger partial charge >= 0.3 is 0 Å². The number of halogens is 1. The van der Waals surface area contributed by atoms with Crippen molar-refractivity contribution in [3.8, 4) is 0 Å². The van der Waals surface area contributed by atoms with Crippen molar-refractivity contribution in [3.05, 3.63) is 24.2 Å². The third-order valence-electron chi connectivity index (χ3n) is 1.48. The fraction of sp³-hybridized carbons (Fsp3) is 0.500. The Labute approximate surface area is 66.0 Å². The molecule has 0 aromatic carbocycles. The quantitative estimate of drug-likeness (QED) is 0.617. The first-order chi connectivity index (χ1) is 4.83. The summed E-state index contributed by atoms with van der Waals surface area (Å²) >= 11 is 5.92. The summed E-state index contributed by atoms with van der Waals surface area (Å²) < 4.78 is 4.90. The van der Waals surface area contributed by atoms with E-state index in [1.807, 2.05) is 6.07 Å². The summed E-state index contributed by atoms with van der Waals surface area (Å²) in [6, 6.07) is 1.95. The highest BCUT2D eigenvalue weighted by atomic mass is 35.5. The molecule has 0 bridgehead atoms. The maximum Gasteiger partial charge on any atom is 0.0935 e. The SMILES string of the molecule is CCC(Cl)Cc1ccoc1. The Hall–Kier alpha value is -0.430. The highest BCUT2D eigenvalue weighted by Crippen LogP contribution is 2.10. The van der Waals surface area contributed by atoms with Gasteiger partial charge in [0.15, 0.2) is 0 Å². The molecule has 0 saturated carbocycles. The van der Waals surface area contributed by atoms with Crippen LogP contribution in [0.15, 0.2) is 23.0 Å². The summed E-state index contributed by atoms with van der Waals surface area (Å²) in [5.74, 6) is 0.